The summed E-state index contributed by atoms with van der Waals surface area (Å²) in [5.74, 6) is 0.248. The second kappa shape index (κ2) is 3.52. The molecule has 0 radical (unpaired) electrons. The zero-order valence-electron chi connectivity index (χ0n) is 5.13. The number of aryl methyl sites for hydroxylation is 1. The van der Waals surface area contributed by atoms with Crippen molar-refractivity contribution in [2.75, 3.05) is 0 Å². The number of hydrogen-bond donors (Lipinski definition) is 2. The lowest BCUT2D eigenvalue weighted by atomic mass is 10.2. The molecule has 0 unspecified atom stereocenters. The van der Waals surface area contributed by atoms with Crippen molar-refractivity contribution >= 4 is 12.6 Å². The maximum Gasteiger partial charge on any atom is 0.129 e. The molecule has 1 rings (SSSR count). The lowest BCUT2D eigenvalue weighted by molar-refractivity contribution is 0.462. The first-order valence-electron chi connectivity index (χ1n) is 2.69. The molecule has 0 aliphatic rings. The van der Waals surface area contributed by atoms with Crippen LogP contribution in [-0.4, -0.2) is 5.11 Å². The van der Waals surface area contributed by atoms with Gasteiger partial charge in [0.05, 0.1) is 0 Å². The summed E-state index contributed by atoms with van der Waals surface area (Å²) in [6, 6.07) is 5.32. The smallest absolute Gasteiger partial charge is 0.129 e. The number of benzene rings is 1. The minimum atomic E-state index is 0. The Bertz CT molecular complexity index is 200. The van der Waals surface area contributed by atoms with Crippen LogP contribution in [0.5, 0.6) is 5.75 Å². The minimum Gasteiger partial charge on any atom is -0.507 e. The van der Waals surface area contributed by atoms with Crippen LogP contribution in [0.4, 0.5) is 0 Å². The standard InChI is InChI=1S/C7H8OS.CH4/c1-5-3-2-4-6(8)7(5)9;/h2-4,8-9H,1H3;1H4. The van der Waals surface area contributed by atoms with Crippen LogP contribution in [0, 0.1) is 6.92 Å². The van der Waals surface area contributed by atoms with Crippen LogP contribution in [0.3, 0.4) is 0 Å². The average molecular weight is 156 g/mol. The van der Waals surface area contributed by atoms with E-state index in [0.29, 0.717) is 4.90 Å². The largest absolute Gasteiger partial charge is 0.507 e. The molecule has 1 aromatic rings. The van der Waals surface area contributed by atoms with Gasteiger partial charge < -0.3 is 5.11 Å². The molecule has 0 aromatic heterocycles. The fourth-order valence-corrected chi connectivity index (χ4v) is 0.793. The highest BCUT2D eigenvalue weighted by Gasteiger charge is 1.95. The van der Waals surface area contributed by atoms with E-state index in [4.69, 9.17) is 5.11 Å². The second-order valence-corrected chi connectivity index (χ2v) is 2.39. The zero-order chi connectivity index (χ0) is 6.85. The molecular formula is C8H12OS. The summed E-state index contributed by atoms with van der Waals surface area (Å²) in [6.45, 7) is 1.90. The van der Waals surface area contributed by atoms with Crippen molar-refractivity contribution in [1.82, 2.24) is 0 Å². The van der Waals surface area contributed by atoms with Gasteiger partial charge in [-0.2, -0.15) is 0 Å². The normalized spacial score (nSPS) is 8.60. The molecule has 2 heteroatoms. The van der Waals surface area contributed by atoms with Crippen molar-refractivity contribution in [3.05, 3.63) is 23.8 Å². The number of thiol groups is 1. The number of aromatic hydroxyl groups is 1. The number of hydrogen-bond acceptors (Lipinski definition) is 2. The SMILES string of the molecule is C.Cc1cccc(O)c1S. The maximum atomic E-state index is 9.02. The molecule has 0 aliphatic carbocycles. The molecule has 0 amide bonds. The molecule has 0 aliphatic heterocycles. The summed E-state index contributed by atoms with van der Waals surface area (Å²) < 4.78 is 0. The summed E-state index contributed by atoms with van der Waals surface area (Å²) in [7, 11) is 0. The second-order valence-electron chi connectivity index (χ2n) is 1.94. The van der Waals surface area contributed by atoms with Crippen LogP contribution in [0.1, 0.15) is 13.0 Å². The molecule has 0 fully saturated rings. The Hall–Kier alpha value is -0.630. The summed E-state index contributed by atoms with van der Waals surface area (Å²) in [6.07, 6.45) is 0. The maximum absolute atomic E-state index is 9.02. The fourth-order valence-electron chi connectivity index (χ4n) is 0.643. The summed E-state index contributed by atoms with van der Waals surface area (Å²) in [4.78, 5) is 0.664. The van der Waals surface area contributed by atoms with E-state index in [2.05, 4.69) is 12.6 Å². The Morgan fingerprint density at radius 3 is 2.40 bits per heavy atom. The predicted octanol–water partition coefficient (Wildman–Crippen LogP) is 2.63. The van der Waals surface area contributed by atoms with E-state index >= 15 is 0 Å². The van der Waals surface area contributed by atoms with Crippen LogP contribution >= 0.6 is 12.6 Å². The van der Waals surface area contributed by atoms with Gasteiger partial charge in [0.25, 0.3) is 0 Å². The third-order valence-corrected chi connectivity index (χ3v) is 1.80. The van der Waals surface area contributed by atoms with E-state index in [-0.39, 0.29) is 13.2 Å². The van der Waals surface area contributed by atoms with Crippen LogP contribution in [0.2, 0.25) is 0 Å². The van der Waals surface area contributed by atoms with Gasteiger partial charge >= 0.3 is 0 Å². The van der Waals surface area contributed by atoms with Crippen LogP contribution < -0.4 is 0 Å². The molecule has 0 saturated carbocycles. The first kappa shape index (κ1) is 9.37. The molecule has 1 nitrogen and oxygen atoms in total. The van der Waals surface area contributed by atoms with Crippen LogP contribution in [0.25, 0.3) is 0 Å². The molecule has 0 heterocycles. The number of phenolic OH excluding ortho intramolecular Hbond substituents is 1. The lowest BCUT2D eigenvalue weighted by Crippen LogP contribution is -1.74. The Labute approximate surface area is 67.1 Å². The molecular weight excluding hydrogens is 144 g/mol. The van der Waals surface area contributed by atoms with E-state index in [1.54, 1.807) is 12.1 Å². The van der Waals surface area contributed by atoms with E-state index in [0.717, 1.165) is 5.56 Å². The van der Waals surface area contributed by atoms with Crippen LogP contribution in [0.15, 0.2) is 23.1 Å². The van der Waals surface area contributed by atoms with Gasteiger partial charge in [0.2, 0.25) is 0 Å². The molecule has 1 aromatic carbocycles. The molecule has 1 N–H and O–H groups in total. The van der Waals surface area contributed by atoms with Crippen molar-refractivity contribution in [3.63, 3.8) is 0 Å². The van der Waals surface area contributed by atoms with Crippen molar-refractivity contribution < 1.29 is 5.11 Å². The Morgan fingerprint density at radius 2 is 2.00 bits per heavy atom. The van der Waals surface area contributed by atoms with E-state index < -0.39 is 0 Å². The Kier molecular flexibility index (Phi) is 3.30. The zero-order valence-corrected chi connectivity index (χ0v) is 6.02. The van der Waals surface area contributed by atoms with Gasteiger partial charge in [0, 0.05) is 4.90 Å². The molecule has 0 bridgehead atoms. The molecule has 0 saturated heterocycles. The van der Waals surface area contributed by atoms with Gasteiger partial charge in [-0.15, -0.1) is 12.6 Å². The highest BCUT2D eigenvalue weighted by atomic mass is 32.1. The average Bonchev–Trinajstić information content (AvgIpc) is 1.83. The van der Waals surface area contributed by atoms with E-state index in [9.17, 15) is 0 Å². The van der Waals surface area contributed by atoms with Gasteiger partial charge in [-0.3, -0.25) is 0 Å². The number of rotatable bonds is 0. The van der Waals surface area contributed by atoms with Gasteiger partial charge in [0.15, 0.2) is 0 Å². The van der Waals surface area contributed by atoms with Crippen LogP contribution in [-0.2, 0) is 0 Å². The monoisotopic (exact) mass is 156 g/mol. The quantitative estimate of drug-likeness (QED) is 0.553. The third kappa shape index (κ3) is 1.67. The van der Waals surface area contributed by atoms with Gasteiger partial charge in [-0.25, -0.2) is 0 Å². The summed E-state index contributed by atoms with van der Waals surface area (Å²) in [5.41, 5.74) is 0.998. The summed E-state index contributed by atoms with van der Waals surface area (Å²) >= 11 is 4.06. The van der Waals surface area contributed by atoms with Crippen molar-refractivity contribution in [1.29, 1.82) is 0 Å². The third-order valence-electron chi connectivity index (χ3n) is 1.22. The lowest BCUT2D eigenvalue weighted by Gasteiger charge is -1.98. The minimum absolute atomic E-state index is 0. The molecule has 10 heavy (non-hydrogen) atoms. The summed E-state index contributed by atoms with van der Waals surface area (Å²) in [5, 5.41) is 9.02. The van der Waals surface area contributed by atoms with Crippen molar-refractivity contribution in [2.24, 2.45) is 0 Å². The Morgan fingerprint density at radius 1 is 1.40 bits per heavy atom. The van der Waals surface area contributed by atoms with E-state index in [1.807, 2.05) is 13.0 Å². The number of phenols is 1. The predicted molar refractivity (Wildman–Crippen MR) is 46.8 cm³/mol. The van der Waals surface area contributed by atoms with Gasteiger partial charge in [0.1, 0.15) is 5.75 Å². The fraction of sp³-hybridized carbons (Fsp3) is 0.250. The van der Waals surface area contributed by atoms with E-state index in [1.165, 1.54) is 0 Å². The Balaban J connectivity index is 0.000000810. The van der Waals surface area contributed by atoms with Gasteiger partial charge in [-0.05, 0) is 18.6 Å². The van der Waals surface area contributed by atoms with Gasteiger partial charge in [-0.1, -0.05) is 19.6 Å². The van der Waals surface area contributed by atoms with Crippen molar-refractivity contribution in [2.45, 2.75) is 19.2 Å². The van der Waals surface area contributed by atoms with Crippen molar-refractivity contribution in [3.8, 4) is 5.75 Å². The first-order valence-corrected chi connectivity index (χ1v) is 3.14. The molecule has 0 atom stereocenters. The highest BCUT2D eigenvalue weighted by Crippen LogP contribution is 2.23. The first-order chi connectivity index (χ1) is 4.22. The highest BCUT2D eigenvalue weighted by molar-refractivity contribution is 7.80. The molecule has 56 valence electrons. The topological polar surface area (TPSA) is 20.2 Å². The molecule has 0 spiro atoms.